The van der Waals surface area contributed by atoms with Crippen LogP contribution in [0.25, 0.3) is 4.96 Å². The van der Waals surface area contributed by atoms with E-state index in [1.54, 1.807) is 11.3 Å². The van der Waals surface area contributed by atoms with E-state index >= 15 is 0 Å². The number of benzene rings is 1. The molecule has 1 N–H and O–H groups in total. The molecule has 1 aromatic carbocycles. The first-order valence-corrected chi connectivity index (χ1v) is 8.18. The first-order valence-electron chi connectivity index (χ1n) is 7.36. The second-order valence-electron chi connectivity index (χ2n) is 5.45. The summed E-state index contributed by atoms with van der Waals surface area (Å²) in [6, 6.07) is 6.49. The zero-order chi connectivity index (χ0) is 15.0. The number of nitrogens with one attached hydrogen (secondary N) is 1. The van der Waals surface area contributed by atoms with Crippen LogP contribution in [0.1, 0.15) is 34.3 Å². The number of nitrogens with zero attached hydrogens (tertiary/aromatic N) is 2. The molecule has 0 amide bonds. The summed E-state index contributed by atoms with van der Waals surface area (Å²) in [5, 5.41) is 3.62. The van der Waals surface area contributed by atoms with E-state index in [0.717, 1.165) is 23.6 Å². The van der Waals surface area contributed by atoms with Crippen LogP contribution in [-0.2, 0) is 13.0 Å². The Balaban J connectivity index is 1.92. The van der Waals surface area contributed by atoms with E-state index in [1.807, 2.05) is 0 Å². The van der Waals surface area contributed by atoms with Gasteiger partial charge in [-0.2, -0.15) is 0 Å². The van der Waals surface area contributed by atoms with Gasteiger partial charge in [0.1, 0.15) is 0 Å². The van der Waals surface area contributed by atoms with Crippen molar-refractivity contribution in [1.29, 1.82) is 0 Å². The highest BCUT2D eigenvalue weighted by molar-refractivity contribution is 7.17. The number of imidazole rings is 1. The molecule has 0 atom stereocenters. The smallest absolute Gasteiger partial charge is 0.194 e. The maximum atomic E-state index is 4.65. The van der Waals surface area contributed by atoms with Gasteiger partial charge in [-0.25, -0.2) is 4.98 Å². The standard InChI is InChI=1S/C17H21N3S/c1-5-14-8-6-7-11(2)16(14)18-9-15-13(4)19-17-20(15)10-12(3)21-17/h6-8,10,18H,5,9H2,1-4H3. The Bertz CT molecular complexity index is 783. The lowest BCUT2D eigenvalue weighted by Gasteiger charge is -2.14. The molecule has 21 heavy (non-hydrogen) atoms. The largest absolute Gasteiger partial charge is 0.379 e. The number of para-hydroxylation sites is 1. The summed E-state index contributed by atoms with van der Waals surface area (Å²) < 4.78 is 2.21. The number of aryl methyl sites for hydroxylation is 4. The molecule has 0 aliphatic carbocycles. The lowest BCUT2D eigenvalue weighted by molar-refractivity contribution is 0.981. The van der Waals surface area contributed by atoms with Crippen LogP contribution in [-0.4, -0.2) is 9.38 Å². The number of aromatic nitrogens is 2. The van der Waals surface area contributed by atoms with Crippen molar-refractivity contribution in [2.45, 2.75) is 40.7 Å². The van der Waals surface area contributed by atoms with Crippen molar-refractivity contribution in [2.75, 3.05) is 5.32 Å². The first kappa shape index (κ1) is 14.1. The monoisotopic (exact) mass is 299 g/mol. The molecule has 0 aliphatic heterocycles. The van der Waals surface area contributed by atoms with Gasteiger partial charge >= 0.3 is 0 Å². The second-order valence-corrected chi connectivity index (χ2v) is 6.67. The average Bonchev–Trinajstić information content (AvgIpc) is 2.93. The minimum Gasteiger partial charge on any atom is -0.379 e. The molecule has 3 rings (SSSR count). The molecule has 2 heterocycles. The van der Waals surface area contributed by atoms with Gasteiger partial charge in [0, 0.05) is 16.8 Å². The maximum absolute atomic E-state index is 4.65. The van der Waals surface area contributed by atoms with Crippen LogP contribution in [0.3, 0.4) is 0 Å². The Kier molecular flexibility index (Phi) is 3.72. The highest BCUT2D eigenvalue weighted by atomic mass is 32.1. The fourth-order valence-corrected chi connectivity index (χ4v) is 3.66. The molecule has 0 spiro atoms. The van der Waals surface area contributed by atoms with E-state index in [9.17, 15) is 0 Å². The molecule has 0 aliphatic rings. The number of rotatable bonds is 4. The molecule has 0 radical (unpaired) electrons. The van der Waals surface area contributed by atoms with E-state index in [-0.39, 0.29) is 0 Å². The van der Waals surface area contributed by atoms with E-state index in [0.29, 0.717) is 0 Å². The molecule has 0 unspecified atom stereocenters. The lowest BCUT2D eigenvalue weighted by atomic mass is 10.1. The number of hydrogen-bond donors (Lipinski definition) is 1. The normalized spacial score (nSPS) is 11.2. The van der Waals surface area contributed by atoms with Gasteiger partial charge in [-0.15, -0.1) is 11.3 Å². The average molecular weight is 299 g/mol. The molecular weight excluding hydrogens is 278 g/mol. The van der Waals surface area contributed by atoms with Gasteiger partial charge in [-0.3, -0.25) is 4.40 Å². The van der Waals surface area contributed by atoms with Gasteiger partial charge in [0.15, 0.2) is 4.96 Å². The fourth-order valence-electron chi connectivity index (χ4n) is 2.77. The van der Waals surface area contributed by atoms with Crippen LogP contribution in [0, 0.1) is 20.8 Å². The Hall–Kier alpha value is -1.81. The van der Waals surface area contributed by atoms with Crippen LogP contribution >= 0.6 is 11.3 Å². The first-order chi connectivity index (χ1) is 10.1. The molecular formula is C17H21N3S. The van der Waals surface area contributed by atoms with Crippen LogP contribution in [0.2, 0.25) is 0 Å². The van der Waals surface area contributed by atoms with Crippen molar-refractivity contribution in [3.63, 3.8) is 0 Å². The maximum Gasteiger partial charge on any atom is 0.194 e. The zero-order valence-electron chi connectivity index (χ0n) is 13.0. The highest BCUT2D eigenvalue weighted by Gasteiger charge is 2.12. The zero-order valence-corrected chi connectivity index (χ0v) is 13.8. The van der Waals surface area contributed by atoms with Gasteiger partial charge in [-0.05, 0) is 38.3 Å². The molecule has 0 bridgehead atoms. The fraction of sp³-hybridized carbons (Fsp3) is 0.353. The minimum absolute atomic E-state index is 0.807. The molecule has 3 aromatic rings. The Morgan fingerprint density at radius 2 is 2.05 bits per heavy atom. The molecule has 0 saturated carbocycles. The van der Waals surface area contributed by atoms with Crippen LogP contribution in [0.5, 0.6) is 0 Å². The lowest BCUT2D eigenvalue weighted by Crippen LogP contribution is -2.07. The minimum atomic E-state index is 0.807. The molecule has 0 saturated heterocycles. The number of hydrogen-bond acceptors (Lipinski definition) is 3. The van der Waals surface area contributed by atoms with Crippen LogP contribution in [0.4, 0.5) is 5.69 Å². The summed E-state index contributed by atoms with van der Waals surface area (Å²) >= 11 is 1.74. The van der Waals surface area contributed by atoms with Crippen molar-refractivity contribution < 1.29 is 0 Å². The van der Waals surface area contributed by atoms with E-state index in [1.165, 1.54) is 27.4 Å². The molecule has 110 valence electrons. The van der Waals surface area contributed by atoms with Crippen molar-refractivity contribution >= 4 is 22.0 Å². The van der Waals surface area contributed by atoms with Crippen molar-refractivity contribution in [3.8, 4) is 0 Å². The van der Waals surface area contributed by atoms with Gasteiger partial charge < -0.3 is 5.32 Å². The van der Waals surface area contributed by atoms with E-state index < -0.39 is 0 Å². The van der Waals surface area contributed by atoms with E-state index in [2.05, 4.69) is 66.8 Å². The Morgan fingerprint density at radius 3 is 2.81 bits per heavy atom. The quantitative estimate of drug-likeness (QED) is 0.769. The summed E-state index contributed by atoms with van der Waals surface area (Å²) in [5.74, 6) is 0. The summed E-state index contributed by atoms with van der Waals surface area (Å²) in [7, 11) is 0. The summed E-state index contributed by atoms with van der Waals surface area (Å²) in [6.07, 6.45) is 3.22. The predicted molar refractivity (Wildman–Crippen MR) is 90.4 cm³/mol. The SMILES string of the molecule is CCc1cccc(C)c1NCc1c(C)nc2sc(C)cn12. The Labute approximate surface area is 129 Å². The molecule has 0 fully saturated rings. The van der Waals surface area contributed by atoms with E-state index in [4.69, 9.17) is 0 Å². The number of anilines is 1. The van der Waals surface area contributed by atoms with Gasteiger partial charge in [-0.1, -0.05) is 25.1 Å². The Morgan fingerprint density at radius 1 is 1.24 bits per heavy atom. The topological polar surface area (TPSA) is 29.3 Å². The summed E-state index contributed by atoms with van der Waals surface area (Å²) in [5.41, 5.74) is 6.30. The van der Waals surface area contributed by atoms with Crippen molar-refractivity contribution in [2.24, 2.45) is 0 Å². The molecule has 4 heteroatoms. The number of fused-ring (bicyclic) bond motifs is 1. The van der Waals surface area contributed by atoms with Crippen molar-refractivity contribution in [1.82, 2.24) is 9.38 Å². The van der Waals surface area contributed by atoms with Gasteiger partial charge in [0.25, 0.3) is 0 Å². The van der Waals surface area contributed by atoms with Crippen molar-refractivity contribution in [3.05, 3.63) is 51.8 Å². The number of thiazole rings is 1. The second kappa shape index (κ2) is 5.53. The molecule has 3 nitrogen and oxygen atoms in total. The third-order valence-corrected chi connectivity index (χ3v) is 4.81. The summed E-state index contributed by atoms with van der Waals surface area (Å²) in [6.45, 7) is 9.38. The predicted octanol–water partition coefficient (Wildman–Crippen LogP) is 4.50. The highest BCUT2D eigenvalue weighted by Crippen LogP contribution is 2.24. The van der Waals surface area contributed by atoms with Gasteiger partial charge in [0.05, 0.1) is 17.9 Å². The van der Waals surface area contributed by atoms with Gasteiger partial charge in [0.2, 0.25) is 0 Å². The third-order valence-electron chi connectivity index (χ3n) is 3.91. The summed E-state index contributed by atoms with van der Waals surface area (Å²) in [4.78, 5) is 7.03. The van der Waals surface area contributed by atoms with Crippen LogP contribution < -0.4 is 5.32 Å². The molecule has 2 aromatic heterocycles. The third kappa shape index (κ3) is 2.56. The van der Waals surface area contributed by atoms with Crippen LogP contribution in [0.15, 0.2) is 24.4 Å².